The van der Waals surface area contributed by atoms with Crippen molar-refractivity contribution in [3.63, 3.8) is 0 Å². The number of benzene rings is 6. The summed E-state index contributed by atoms with van der Waals surface area (Å²) in [6, 6.07) is 37.9. The van der Waals surface area contributed by atoms with Crippen LogP contribution in [-0.4, -0.2) is 40.5 Å². The Morgan fingerprint density at radius 1 is 0.689 bits per heavy atom. The second-order valence-electron chi connectivity index (χ2n) is 19.4. The first-order valence-corrected chi connectivity index (χ1v) is 22.7. The van der Waals surface area contributed by atoms with Crippen LogP contribution in [0.25, 0.3) is 28.0 Å². The average molecular weight is 828 g/mol. The van der Waals surface area contributed by atoms with Gasteiger partial charge in [-0.25, -0.2) is 0 Å². The van der Waals surface area contributed by atoms with E-state index in [1.807, 2.05) is 12.1 Å². The highest BCUT2D eigenvalue weighted by molar-refractivity contribution is 7.99. The van der Waals surface area contributed by atoms with Crippen molar-refractivity contribution in [1.82, 2.24) is 0 Å². The van der Waals surface area contributed by atoms with Crippen LogP contribution in [0.1, 0.15) is 85.9 Å². The van der Waals surface area contributed by atoms with Crippen molar-refractivity contribution >= 4 is 34.3 Å². The Bertz CT molecular complexity index is 2670. The molecule has 1 saturated carbocycles. The Balaban J connectivity index is 1.27. The quantitative estimate of drug-likeness (QED) is 0.160. The fraction of sp³-hybridized carbons (Fsp3) is 0.345. The number of methoxy groups -OCH3 is 2. The fourth-order valence-electron chi connectivity index (χ4n) is 12.0. The minimum atomic E-state index is -0.924. The maximum Gasteiger partial charge on any atom is 0.178 e. The van der Waals surface area contributed by atoms with Crippen LogP contribution in [0.15, 0.2) is 119 Å². The van der Waals surface area contributed by atoms with E-state index in [0.717, 1.165) is 77.8 Å². The predicted molar refractivity (Wildman–Crippen MR) is 251 cm³/mol. The van der Waals surface area contributed by atoms with E-state index in [1.165, 1.54) is 61.3 Å². The lowest BCUT2D eigenvalue weighted by Crippen LogP contribution is -2.44. The summed E-state index contributed by atoms with van der Waals surface area (Å²) < 4.78 is 25.6. The van der Waals surface area contributed by atoms with Gasteiger partial charge in [0, 0.05) is 51.2 Å². The maximum absolute atomic E-state index is 7.90. The van der Waals surface area contributed by atoms with Crippen molar-refractivity contribution in [3.8, 4) is 28.4 Å². The smallest absolute Gasteiger partial charge is 0.178 e. The molecule has 2 aliphatic heterocycles. The van der Waals surface area contributed by atoms with E-state index < -0.39 is 5.60 Å². The largest absolute Gasteiger partial charge is 0.497 e. The molecule has 2 fully saturated rings. The van der Waals surface area contributed by atoms with E-state index in [4.69, 9.17) is 18.9 Å². The van der Waals surface area contributed by atoms with Crippen LogP contribution < -0.4 is 19.1 Å². The highest BCUT2D eigenvalue weighted by Crippen LogP contribution is 2.67. The minimum absolute atomic E-state index is 0.121. The fourth-order valence-corrected chi connectivity index (χ4v) is 13.1. The third-order valence-electron chi connectivity index (χ3n) is 13.8. The number of ether oxygens (including phenoxy) is 4. The number of anilines is 1. The lowest BCUT2D eigenvalue weighted by molar-refractivity contribution is 0.0642. The topological polar surface area (TPSA) is 40.2 Å². The molecule has 0 radical (unpaired) electrons. The molecule has 0 aromatic heterocycles. The van der Waals surface area contributed by atoms with Gasteiger partial charge in [-0.05, 0) is 125 Å². The standard InChI is InChI=1S/C55H57NO4S/c1-35-12-11-13-36(2)51(35)61-47-31-43-44(30-46(47)58-8)50-42(49-48(43)41-14-9-10-15-45(41)54(49)33-52(3,4)32-53(5,6)34-54)24-25-55(60-50,38-18-22-40(57-7)23-19-38)37-16-20-39(21-17-37)56-26-28-59-29-27-56/h9-25,30-31H,26-29,32-34H2,1-8H3. The summed E-state index contributed by atoms with van der Waals surface area (Å²) in [5.74, 6) is 2.55. The zero-order valence-electron chi connectivity index (χ0n) is 36.9. The van der Waals surface area contributed by atoms with Gasteiger partial charge < -0.3 is 23.8 Å². The minimum Gasteiger partial charge on any atom is -0.497 e. The Morgan fingerprint density at radius 3 is 2.00 bits per heavy atom. The van der Waals surface area contributed by atoms with Gasteiger partial charge in [-0.2, -0.15) is 0 Å². The van der Waals surface area contributed by atoms with Crippen LogP contribution in [0.3, 0.4) is 0 Å². The van der Waals surface area contributed by atoms with Crippen molar-refractivity contribution in [3.05, 3.63) is 148 Å². The number of nitrogens with zero attached hydrogens (tertiary/aromatic N) is 1. The Morgan fingerprint density at radius 2 is 1.34 bits per heavy atom. The summed E-state index contributed by atoms with van der Waals surface area (Å²) in [7, 11) is 3.52. The first kappa shape index (κ1) is 39.9. The molecule has 1 spiro atoms. The number of hydrogen-bond donors (Lipinski definition) is 0. The van der Waals surface area contributed by atoms with Crippen LogP contribution in [0.4, 0.5) is 5.69 Å². The van der Waals surface area contributed by atoms with Crippen molar-refractivity contribution in [2.24, 2.45) is 10.8 Å². The molecule has 1 atom stereocenters. The lowest BCUT2D eigenvalue weighted by atomic mass is 9.52. The van der Waals surface area contributed by atoms with Crippen LogP contribution in [-0.2, 0) is 15.8 Å². The molecule has 4 aliphatic rings. The molecule has 1 saturated heterocycles. The van der Waals surface area contributed by atoms with Crippen LogP contribution in [0.5, 0.6) is 17.2 Å². The average Bonchev–Trinajstić information content (AvgIpc) is 3.52. The van der Waals surface area contributed by atoms with Gasteiger partial charge in [0.2, 0.25) is 0 Å². The van der Waals surface area contributed by atoms with E-state index in [1.54, 1.807) is 26.0 Å². The summed E-state index contributed by atoms with van der Waals surface area (Å²) in [6.07, 6.45) is 8.03. The van der Waals surface area contributed by atoms with Gasteiger partial charge in [-0.3, -0.25) is 0 Å². The van der Waals surface area contributed by atoms with Gasteiger partial charge in [0.15, 0.2) is 5.60 Å². The summed E-state index contributed by atoms with van der Waals surface area (Å²) in [4.78, 5) is 4.77. The summed E-state index contributed by atoms with van der Waals surface area (Å²) in [5, 5.41) is 2.26. The van der Waals surface area contributed by atoms with Crippen LogP contribution in [0, 0.1) is 24.7 Å². The molecule has 61 heavy (non-hydrogen) atoms. The molecule has 10 rings (SSSR count). The molecule has 6 aromatic carbocycles. The van der Waals surface area contributed by atoms with Crippen molar-refractivity contribution < 1.29 is 18.9 Å². The van der Waals surface area contributed by atoms with Crippen molar-refractivity contribution in [2.75, 3.05) is 45.4 Å². The maximum atomic E-state index is 7.90. The molecule has 6 aromatic rings. The first-order valence-electron chi connectivity index (χ1n) is 21.9. The number of aryl methyl sites for hydroxylation is 2. The second-order valence-corrected chi connectivity index (χ2v) is 20.4. The monoisotopic (exact) mass is 827 g/mol. The summed E-state index contributed by atoms with van der Waals surface area (Å²) in [6.45, 7) is 17.6. The van der Waals surface area contributed by atoms with Gasteiger partial charge in [-0.1, -0.05) is 112 Å². The van der Waals surface area contributed by atoms with Crippen molar-refractivity contribution in [1.29, 1.82) is 0 Å². The SMILES string of the molecule is COc1ccc(C2(c3ccc(N4CCOCC4)cc3)C=Cc3c4c(c5cc(Sc6c(C)cccc6C)c(OC)cc5c3O2)-c2ccccc2C42CC(C)(C)CC(C)(C)C2)cc1. The van der Waals surface area contributed by atoms with E-state index >= 15 is 0 Å². The molecule has 6 heteroatoms. The molecule has 0 N–H and O–H groups in total. The third kappa shape index (κ3) is 6.55. The van der Waals surface area contributed by atoms with E-state index in [-0.39, 0.29) is 16.2 Å². The number of morpholine rings is 1. The van der Waals surface area contributed by atoms with E-state index in [0.29, 0.717) is 0 Å². The van der Waals surface area contributed by atoms with Gasteiger partial charge in [-0.15, -0.1) is 0 Å². The van der Waals surface area contributed by atoms with Crippen LogP contribution in [0.2, 0.25) is 0 Å². The molecule has 0 amide bonds. The van der Waals surface area contributed by atoms with E-state index in [9.17, 15) is 0 Å². The Kier molecular flexibility index (Phi) is 9.65. The molecule has 312 valence electrons. The molecule has 2 aliphatic carbocycles. The second kappa shape index (κ2) is 14.7. The highest BCUT2D eigenvalue weighted by atomic mass is 32.2. The predicted octanol–water partition coefficient (Wildman–Crippen LogP) is 13.3. The Hall–Kier alpha value is -5.17. The molecular weight excluding hydrogens is 771 g/mol. The normalized spacial score (nSPS) is 20.5. The first-order chi connectivity index (χ1) is 29.4. The van der Waals surface area contributed by atoms with Gasteiger partial charge >= 0.3 is 0 Å². The molecule has 0 bridgehead atoms. The molecule has 2 heterocycles. The van der Waals surface area contributed by atoms with Gasteiger partial charge in [0.1, 0.15) is 17.2 Å². The number of hydrogen-bond acceptors (Lipinski definition) is 6. The zero-order valence-corrected chi connectivity index (χ0v) is 37.7. The molecule has 1 unspecified atom stereocenters. The number of rotatable bonds is 7. The van der Waals surface area contributed by atoms with Crippen molar-refractivity contribution in [2.45, 2.75) is 81.6 Å². The van der Waals surface area contributed by atoms with Gasteiger partial charge in [0.05, 0.1) is 32.3 Å². The third-order valence-corrected chi connectivity index (χ3v) is 15.2. The summed E-state index contributed by atoms with van der Waals surface area (Å²) in [5.41, 5.74) is 11.6. The lowest BCUT2D eigenvalue weighted by Gasteiger charge is -2.52. The Labute approximate surface area is 366 Å². The highest BCUT2D eigenvalue weighted by Gasteiger charge is 2.55. The van der Waals surface area contributed by atoms with Crippen LogP contribution >= 0.6 is 11.8 Å². The molecule has 5 nitrogen and oxygen atoms in total. The molecular formula is C55H57NO4S. The van der Waals surface area contributed by atoms with Gasteiger partial charge in [0.25, 0.3) is 0 Å². The van der Waals surface area contributed by atoms with E-state index in [2.05, 4.69) is 150 Å². The zero-order chi connectivity index (χ0) is 42.3. The number of fused-ring (bicyclic) bond motifs is 10. The summed E-state index contributed by atoms with van der Waals surface area (Å²) >= 11 is 1.80.